The quantitative estimate of drug-likeness (QED) is 0.544. The van der Waals surface area contributed by atoms with Gasteiger partial charge < -0.3 is 9.73 Å². The molecule has 4 heteroatoms. The second-order valence-corrected chi connectivity index (χ2v) is 6.48. The summed E-state index contributed by atoms with van der Waals surface area (Å²) in [5.41, 5.74) is 3.10. The van der Waals surface area contributed by atoms with E-state index in [1.807, 2.05) is 36.4 Å². The average Bonchev–Trinajstić information content (AvgIpc) is 2.84. The molecule has 0 aliphatic carbocycles. The molecule has 2 nitrogen and oxygen atoms in total. The first-order valence-corrected chi connectivity index (χ1v) is 8.33. The van der Waals surface area contributed by atoms with Crippen molar-refractivity contribution >= 4 is 50.8 Å². The Labute approximate surface area is 142 Å². The number of halogens is 2. The van der Waals surface area contributed by atoms with E-state index in [2.05, 4.69) is 40.9 Å². The van der Waals surface area contributed by atoms with E-state index in [0.717, 1.165) is 32.0 Å². The van der Waals surface area contributed by atoms with E-state index in [1.54, 1.807) is 0 Å². The predicted molar refractivity (Wildman–Crippen MR) is 97.1 cm³/mol. The number of para-hydroxylation sites is 1. The second-order valence-electron chi connectivity index (χ2n) is 4.83. The number of hydrogen-bond donors (Lipinski definition) is 1. The Morgan fingerprint density at radius 3 is 2.76 bits per heavy atom. The van der Waals surface area contributed by atoms with Gasteiger partial charge in [0.15, 0.2) is 0 Å². The molecule has 1 aromatic heterocycles. The van der Waals surface area contributed by atoms with Crippen LogP contribution in [0.1, 0.15) is 18.2 Å². The Bertz CT molecular complexity index is 782. The van der Waals surface area contributed by atoms with Gasteiger partial charge in [-0.25, -0.2) is 0 Å². The van der Waals surface area contributed by atoms with E-state index >= 15 is 0 Å². The fraction of sp³-hybridized carbons (Fsp3) is 0.176. The molecule has 2 aromatic carbocycles. The fourth-order valence-corrected chi connectivity index (χ4v) is 3.37. The van der Waals surface area contributed by atoms with Crippen LogP contribution in [0.3, 0.4) is 0 Å². The molecule has 0 aliphatic rings. The van der Waals surface area contributed by atoms with Crippen molar-refractivity contribution in [1.82, 2.24) is 0 Å². The number of nitrogens with one attached hydrogen (secondary N) is 1. The second kappa shape index (κ2) is 6.28. The molecule has 108 valence electrons. The van der Waals surface area contributed by atoms with Gasteiger partial charge in [0.05, 0.1) is 10.7 Å². The molecule has 0 bridgehead atoms. The third-order valence-corrected chi connectivity index (χ3v) is 4.47. The molecule has 0 fully saturated rings. The summed E-state index contributed by atoms with van der Waals surface area (Å²) in [7, 11) is 0. The van der Waals surface area contributed by atoms with Crippen molar-refractivity contribution in [3.63, 3.8) is 0 Å². The SMILES string of the molecule is CCc1oc2ccccc2c1CNc1ccc(I)cc1Cl. The van der Waals surface area contributed by atoms with Gasteiger partial charge in [-0.05, 0) is 46.9 Å². The fourth-order valence-electron chi connectivity index (χ4n) is 2.45. The van der Waals surface area contributed by atoms with Gasteiger partial charge in [-0.15, -0.1) is 0 Å². The highest BCUT2D eigenvalue weighted by Gasteiger charge is 2.12. The van der Waals surface area contributed by atoms with E-state index in [4.69, 9.17) is 16.0 Å². The molecule has 0 radical (unpaired) electrons. The molecule has 0 saturated heterocycles. The van der Waals surface area contributed by atoms with Gasteiger partial charge in [0.2, 0.25) is 0 Å². The third-order valence-electron chi connectivity index (χ3n) is 3.49. The lowest BCUT2D eigenvalue weighted by molar-refractivity contribution is 0.551. The maximum atomic E-state index is 6.27. The van der Waals surface area contributed by atoms with Crippen LogP contribution in [-0.4, -0.2) is 0 Å². The van der Waals surface area contributed by atoms with E-state index in [0.29, 0.717) is 6.54 Å². The molecule has 0 spiro atoms. The van der Waals surface area contributed by atoms with Gasteiger partial charge in [-0.3, -0.25) is 0 Å². The molecular formula is C17H15ClINO. The van der Waals surface area contributed by atoms with Crippen LogP contribution in [-0.2, 0) is 13.0 Å². The molecule has 0 unspecified atom stereocenters. The smallest absolute Gasteiger partial charge is 0.134 e. The summed E-state index contributed by atoms with van der Waals surface area (Å²) >= 11 is 8.53. The van der Waals surface area contributed by atoms with Gasteiger partial charge in [-0.1, -0.05) is 36.7 Å². The van der Waals surface area contributed by atoms with Gasteiger partial charge >= 0.3 is 0 Å². The number of aryl methyl sites for hydroxylation is 1. The first-order chi connectivity index (χ1) is 10.2. The molecule has 21 heavy (non-hydrogen) atoms. The normalized spacial score (nSPS) is 11.0. The van der Waals surface area contributed by atoms with Gasteiger partial charge in [-0.2, -0.15) is 0 Å². The highest BCUT2D eigenvalue weighted by atomic mass is 127. The highest BCUT2D eigenvalue weighted by molar-refractivity contribution is 14.1. The van der Waals surface area contributed by atoms with Crippen LogP contribution in [0, 0.1) is 3.57 Å². The van der Waals surface area contributed by atoms with Crippen molar-refractivity contribution in [1.29, 1.82) is 0 Å². The number of anilines is 1. The Hall–Kier alpha value is -1.20. The van der Waals surface area contributed by atoms with Crippen LogP contribution in [0.2, 0.25) is 5.02 Å². The average molecular weight is 412 g/mol. The standard InChI is InChI=1S/C17H15ClINO/c1-2-16-13(12-5-3-4-6-17(12)21-16)10-20-15-8-7-11(19)9-14(15)18/h3-9,20H,2,10H2,1H3. The molecule has 1 N–H and O–H groups in total. The summed E-state index contributed by atoms with van der Waals surface area (Å²) in [5.74, 6) is 1.03. The minimum absolute atomic E-state index is 0.709. The zero-order valence-corrected chi connectivity index (χ0v) is 14.5. The Morgan fingerprint density at radius 1 is 1.19 bits per heavy atom. The van der Waals surface area contributed by atoms with E-state index < -0.39 is 0 Å². The van der Waals surface area contributed by atoms with Gasteiger partial charge in [0.25, 0.3) is 0 Å². The topological polar surface area (TPSA) is 25.2 Å². The first kappa shape index (κ1) is 14.7. The summed E-state index contributed by atoms with van der Waals surface area (Å²) in [5, 5.41) is 5.33. The van der Waals surface area contributed by atoms with Crippen LogP contribution >= 0.6 is 34.2 Å². The molecule has 3 rings (SSSR count). The number of rotatable bonds is 4. The van der Waals surface area contributed by atoms with Crippen molar-refractivity contribution in [3.05, 3.63) is 62.4 Å². The first-order valence-electron chi connectivity index (χ1n) is 6.87. The Kier molecular flexibility index (Phi) is 4.40. The van der Waals surface area contributed by atoms with E-state index in [9.17, 15) is 0 Å². The summed E-state index contributed by atoms with van der Waals surface area (Å²) < 4.78 is 7.04. The minimum atomic E-state index is 0.709. The maximum Gasteiger partial charge on any atom is 0.134 e. The Balaban J connectivity index is 1.91. The molecule has 0 atom stereocenters. The highest BCUT2D eigenvalue weighted by Crippen LogP contribution is 2.29. The van der Waals surface area contributed by atoms with Crippen LogP contribution in [0.15, 0.2) is 46.9 Å². The maximum absolute atomic E-state index is 6.27. The summed E-state index contributed by atoms with van der Waals surface area (Å²) in [6.07, 6.45) is 0.881. The van der Waals surface area contributed by atoms with Gasteiger partial charge in [0, 0.05) is 27.5 Å². The minimum Gasteiger partial charge on any atom is -0.461 e. The largest absolute Gasteiger partial charge is 0.461 e. The molecule has 0 aliphatic heterocycles. The lowest BCUT2D eigenvalue weighted by Gasteiger charge is -2.09. The van der Waals surface area contributed by atoms with Crippen molar-refractivity contribution in [2.75, 3.05) is 5.32 Å². The lowest BCUT2D eigenvalue weighted by atomic mass is 10.1. The monoisotopic (exact) mass is 411 g/mol. The van der Waals surface area contributed by atoms with E-state index in [1.165, 1.54) is 10.9 Å². The zero-order chi connectivity index (χ0) is 14.8. The summed E-state index contributed by atoms with van der Waals surface area (Å²) in [6.45, 7) is 2.82. The van der Waals surface area contributed by atoms with Gasteiger partial charge in [0.1, 0.15) is 11.3 Å². The van der Waals surface area contributed by atoms with Crippen LogP contribution < -0.4 is 5.32 Å². The van der Waals surface area contributed by atoms with Crippen LogP contribution in [0.4, 0.5) is 5.69 Å². The molecular weight excluding hydrogens is 397 g/mol. The van der Waals surface area contributed by atoms with Crippen molar-refractivity contribution in [2.45, 2.75) is 19.9 Å². The predicted octanol–water partition coefficient (Wildman–Crippen LogP) is 5.87. The van der Waals surface area contributed by atoms with Crippen LogP contribution in [0.25, 0.3) is 11.0 Å². The molecule has 1 heterocycles. The van der Waals surface area contributed by atoms with Crippen molar-refractivity contribution in [2.24, 2.45) is 0 Å². The molecule has 3 aromatic rings. The summed E-state index contributed by atoms with van der Waals surface area (Å²) in [6, 6.07) is 14.2. The molecule has 0 amide bonds. The number of fused-ring (bicyclic) bond motifs is 1. The van der Waals surface area contributed by atoms with Crippen LogP contribution in [0.5, 0.6) is 0 Å². The zero-order valence-electron chi connectivity index (χ0n) is 11.6. The van der Waals surface area contributed by atoms with Crippen molar-refractivity contribution in [3.8, 4) is 0 Å². The number of benzene rings is 2. The third kappa shape index (κ3) is 3.04. The number of furan rings is 1. The Morgan fingerprint density at radius 2 is 2.00 bits per heavy atom. The lowest BCUT2D eigenvalue weighted by Crippen LogP contribution is -2.01. The van der Waals surface area contributed by atoms with Crippen molar-refractivity contribution < 1.29 is 4.42 Å². The molecule has 0 saturated carbocycles. The van der Waals surface area contributed by atoms with E-state index in [-0.39, 0.29) is 0 Å². The summed E-state index contributed by atoms with van der Waals surface area (Å²) in [4.78, 5) is 0. The number of hydrogen-bond acceptors (Lipinski definition) is 2.